The average molecular weight is 439 g/mol. The first-order valence-corrected chi connectivity index (χ1v) is 12.6. The van der Waals surface area contributed by atoms with Gasteiger partial charge in [-0.3, -0.25) is 4.90 Å². The molecule has 2 heterocycles. The van der Waals surface area contributed by atoms with Crippen molar-refractivity contribution in [1.29, 1.82) is 0 Å². The summed E-state index contributed by atoms with van der Waals surface area (Å²) in [5, 5.41) is 0. The number of benzene rings is 1. The zero-order chi connectivity index (χ0) is 23.1. The molecule has 2 saturated heterocycles. The van der Waals surface area contributed by atoms with Crippen LogP contribution in [0.1, 0.15) is 70.9 Å². The van der Waals surface area contributed by atoms with Crippen molar-refractivity contribution >= 4 is 0 Å². The standard InChI is InChI=1S/C29H43FN2/c1-6-8-9-10-11-23(3)25-13-12-24(4)32(21-25)22-26-14-15-27(20-28(26)30)29(5)16-18-31(7-2)19-17-29/h6,8-10,14-15,20,24-25H,3,7,11-13,16-19,21-22H2,1-2,4-5H3/b8-6-,10-9-. The molecule has 32 heavy (non-hydrogen) atoms. The minimum atomic E-state index is -0.0379. The molecule has 2 unspecified atom stereocenters. The van der Waals surface area contributed by atoms with Crippen LogP contribution < -0.4 is 0 Å². The third-order valence-corrected chi connectivity index (χ3v) is 7.94. The van der Waals surface area contributed by atoms with Gasteiger partial charge in [-0.25, -0.2) is 4.39 Å². The van der Waals surface area contributed by atoms with E-state index in [1.807, 2.05) is 25.1 Å². The number of likely N-dealkylation sites (tertiary alicyclic amines) is 2. The maximum atomic E-state index is 15.2. The Balaban J connectivity index is 1.63. The molecule has 3 rings (SSSR count). The van der Waals surface area contributed by atoms with E-state index in [1.54, 1.807) is 0 Å². The van der Waals surface area contributed by atoms with Crippen LogP contribution in [0.25, 0.3) is 0 Å². The summed E-state index contributed by atoms with van der Waals surface area (Å²) in [6.07, 6.45) is 13.8. The predicted octanol–water partition coefficient (Wildman–Crippen LogP) is 6.88. The van der Waals surface area contributed by atoms with Crippen LogP contribution in [0.3, 0.4) is 0 Å². The van der Waals surface area contributed by atoms with Gasteiger partial charge in [-0.15, -0.1) is 0 Å². The first kappa shape index (κ1) is 24.9. The Morgan fingerprint density at radius 1 is 1.22 bits per heavy atom. The molecule has 0 aromatic heterocycles. The Bertz CT molecular complexity index is 816. The van der Waals surface area contributed by atoms with Gasteiger partial charge in [-0.1, -0.05) is 62.4 Å². The van der Waals surface area contributed by atoms with E-state index < -0.39 is 0 Å². The second kappa shape index (κ2) is 11.4. The van der Waals surface area contributed by atoms with Crippen molar-refractivity contribution in [2.45, 2.75) is 77.8 Å². The molecule has 1 aromatic rings. The lowest BCUT2D eigenvalue weighted by atomic mass is 9.74. The van der Waals surface area contributed by atoms with Gasteiger partial charge in [0, 0.05) is 24.7 Å². The number of nitrogens with zero attached hydrogens (tertiary/aromatic N) is 2. The Hall–Kier alpha value is -1.71. The van der Waals surface area contributed by atoms with E-state index in [2.05, 4.69) is 61.4 Å². The summed E-state index contributed by atoms with van der Waals surface area (Å²) in [7, 11) is 0. The summed E-state index contributed by atoms with van der Waals surface area (Å²) in [4.78, 5) is 4.94. The van der Waals surface area contributed by atoms with E-state index in [0.717, 1.165) is 57.4 Å². The van der Waals surface area contributed by atoms with Gasteiger partial charge < -0.3 is 4.90 Å². The smallest absolute Gasteiger partial charge is 0.127 e. The van der Waals surface area contributed by atoms with Gasteiger partial charge in [-0.05, 0) is 88.5 Å². The maximum Gasteiger partial charge on any atom is 0.127 e. The molecule has 0 saturated carbocycles. The monoisotopic (exact) mass is 438 g/mol. The van der Waals surface area contributed by atoms with Crippen LogP contribution in [-0.2, 0) is 12.0 Å². The molecule has 2 aliphatic heterocycles. The lowest BCUT2D eigenvalue weighted by Crippen LogP contribution is -2.42. The molecule has 0 radical (unpaired) electrons. The van der Waals surface area contributed by atoms with Gasteiger partial charge in [0.05, 0.1) is 0 Å². The van der Waals surface area contributed by atoms with Gasteiger partial charge in [0.25, 0.3) is 0 Å². The normalized spacial score (nSPS) is 25.0. The van der Waals surface area contributed by atoms with Gasteiger partial charge >= 0.3 is 0 Å². The van der Waals surface area contributed by atoms with E-state index in [0.29, 0.717) is 18.5 Å². The fraction of sp³-hybridized carbons (Fsp3) is 0.586. The second-order valence-corrected chi connectivity index (χ2v) is 10.2. The molecule has 0 spiro atoms. The van der Waals surface area contributed by atoms with Crippen molar-refractivity contribution < 1.29 is 4.39 Å². The Labute approximate surface area is 195 Å². The minimum Gasteiger partial charge on any atom is -0.304 e. The molecule has 2 fully saturated rings. The largest absolute Gasteiger partial charge is 0.304 e. The highest BCUT2D eigenvalue weighted by Gasteiger charge is 2.32. The third kappa shape index (κ3) is 6.20. The summed E-state index contributed by atoms with van der Waals surface area (Å²) in [5.74, 6) is 0.454. The topological polar surface area (TPSA) is 6.48 Å². The van der Waals surface area contributed by atoms with E-state index in [1.165, 1.54) is 17.6 Å². The lowest BCUT2D eigenvalue weighted by Gasteiger charge is -2.40. The summed E-state index contributed by atoms with van der Waals surface area (Å²) in [6, 6.07) is 6.55. The molecular weight excluding hydrogens is 395 g/mol. The van der Waals surface area contributed by atoms with Crippen molar-refractivity contribution in [2.24, 2.45) is 5.92 Å². The van der Waals surface area contributed by atoms with Crippen LogP contribution in [0.2, 0.25) is 0 Å². The SMILES string of the molecule is C=C(C/C=C\C=C/C)C1CCC(C)N(Cc2ccc(C3(C)CCN(CC)CC3)cc2F)C1. The first-order chi connectivity index (χ1) is 15.4. The van der Waals surface area contributed by atoms with Crippen LogP contribution in [-0.4, -0.2) is 42.0 Å². The number of hydrogen-bond donors (Lipinski definition) is 0. The summed E-state index contributed by atoms with van der Waals surface area (Å²) < 4.78 is 15.2. The predicted molar refractivity (Wildman–Crippen MR) is 135 cm³/mol. The number of hydrogen-bond acceptors (Lipinski definition) is 2. The molecule has 1 aromatic carbocycles. The van der Waals surface area contributed by atoms with Crippen molar-refractivity contribution in [1.82, 2.24) is 9.80 Å². The zero-order valence-corrected chi connectivity index (χ0v) is 20.7. The van der Waals surface area contributed by atoms with Crippen LogP contribution >= 0.6 is 0 Å². The summed E-state index contributed by atoms with van der Waals surface area (Å²) in [5.41, 5.74) is 3.38. The molecule has 3 heteroatoms. The maximum absolute atomic E-state index is 15.2. The number of allylic oxidation sites excluding steroid dienone is 4. The van der Waals surface area contributed by atoms with Gasteiger partial charge in [0.15, 0.2) is 0 Å². The number of halogens is 1. The van der Waals surface area contributed by atoms with Crippen molar-refractivity contribution in [3.8, 4) is 0 Å². The minimum absolute atomic E-state index is 0.0379. The number of rotatable bonds is 8. The van der Waals surface area contributed by atoms with E-state index in [-0.39, 0.29) is 11.2 Å². The van der Waals surface area contributed by atoms with Gasteiger partial charge in [0.2, 0.25) is 0 Å². The third-order valence-electron chi connectivity index (χ3n) is 7.94. The van der Waals surface area contributed by atoms with E-state index >= 15 is 4.39 Å². The Morgan fingerprint density at radius 2 is 1.97 bits per heavy atom. The molecule has 2 atom stereocenters. The molecule has 0 bridgehead atoms. The Morgan fingerprint density at radius 3 is 2.62 bits per heavy atom. The Kier molecular flexibility index (Phi) is 8.90. The van der Waals surface area contributed by atoms with Crippen LogP contribution in [0, 0.1) is 11.7 Å². The zero-order valence-electron chi connectivity index (χ0n) is 20.7. The van der Waals surface area contributed by atoms with Crippen molar-refractivity contribution in [3.05, 3.63) is 71.6 Å². The quantitative estimate of drug-likeness (QED) is 0.322. The van der Waals surface area contributed by atoms with E-state index in [4.69, 9.17) is 0 Å². The molecule has 2 nitrogen and oxygen atoms in total. The van der Waals surface area contributed by atoms with Crippen molar-refractivity contribution in [2.75, 3.05) is 26.2 Å². The van der Waals surface area contributed by atoms with E-state index in [9.17, 15) is 0 Å². The highest BCUT2D eigenvalue weighted by Crippen LogP contribution is 2.36. The fourth-order valence-corrected chi connectivity index (χ4v) is 5.23. The lowest BCUT2D eigenvalue weighted by molar-refractivity contribution is 0.121. The van der Waals surface area contributed by atoms with Gasteiger partial charge in [0.1, 0.15) is 5.82 Å². The van der Waals surface area contributed by atoms with Crippen LogP contribution in [0.4, 0.5) is 4.39 Å². The molecule has 0 aliphatic carbocycles. The average Bonchev–Trinajstić information content (AvgIpc) is 2.79. The number of piperidine rings is 2. The first-order valence-electron chi connectivity index (χ1n) is 12.6. The van der Waals surface area contributed by atoms with Gasteiger partial charge in [-0.2, -0.15) is 0 Å². The molecule has 0 amide bonds. The molecular formula is C29H43FN2. The molecule has 176 valence electrons. The van der Waals surface area contributed by atoms with Crippen molar-refractivity contribution in [3.63, 3.8) is 0 Å². The molecule has 2 aliphatic rings. The van der Waals surface area contributed by atoms with Crippen LogP contribution in [0.15, 0.2) is 54.7 Å². The highest BCUT2D eigenvalue weighted by atomic mass is 19.1. The highest BCUT2D eigenvalue weighted by molar-refractivity contribution is 5.31. The summed E-state index contributed by atoms with van der Waals surface area (Å²) in [6.45, 7) is 18.2. The molecule has 0 N–H and O–H groups in total. The second-order valence-electron chi connectivity index (χ2n) is 10.2. The van der Waals surface area contributed by atoms with Crippen LogP contribution in [0.5, 0.6) is 0 Å². The summed E-state index contributed by atoms with van der Waals surface area (Å²) >= 11 is 0. The fourth-order valence-electron chi connectivity index (χ4n) is 5.23.